The van der Waals surface area contributed by atoms with Crippen LogP contribution in [0.4, 0.5) is 4.79 Å². The summed E-state index contributed by atoms with van der Waals surface area (Å²) in [6, 6.07) is 17.7. The van der Waals surface area contributed by atoms with Crippen molar-refractivity contribution in [2.45, 2.75) is 33.0 Å². The summed E-state index contributed by atoms with van der Waals surface area (Å²) < 4.78 is 6.94. The molecule has 0 aliphatic heterocycles. The Balaban J connectivity index is 2.14. The van der Waals surface area contributed by atoms with Crippen molar-refractivity contribution in [3.63, 3.8) is 0 Å². The summed E-state index contributed by atoms with van der Waals surface area (Å²) in [4.78, 5) is 12.6. The minimum Gasteiger partial charge on any atom is -0.443 e. The quantitative estimate of drug-likeness (QED) is 0.751. The van der Waals surface area contributed by atoms with E-state index >= 15 is 0 Å². The summed E-state index contributed by atoms with van der Waals surface area (Å²) in [5.74, 6) is 0. The minimum atomic E-state index is -0.600. The highest BCUT2D eigenvalue weighted by atomic mass is 16.6. The molecule has 1 aromatic heterocycles. The number of hydrogen-bond acceptors (Lipinski definition) is 3. The van der Waals surface area contributed by atoms with Crippen LogP contribution in [-0.2, 0) is 11.3 Å². The number of hydrogen-bond donors (Lipinski definition) is 1. The van der Waals surface area contributed by atoms with Crippen molar-refractivity contribution in [2.75, 3.05) is 0 Å². The highest BCUT2D eigenvalue weighted by Crippen LogP contribution is 2.28. The standard InChI is InChI=1S/C20H21NO3/c1-20(2,3)24-19(23)21-17(13-22)11-16-10-9-15(12-18(16)21)14-7-5-4-6-8-14/h4-12,22H,13H2,1-3H3. The van der Waals surface area contributed by atoms with Crippen molar-refractivity contribution in [1.29, 1.82) is 0 Å². The second-order valence-electron chi connectivity index (χ2n) is 6.75. The zero-order chi connectivity index (χ0) is 17.3. The van der Waals surface area contributed by atoms with Gasteiger partial charge in [0.15, 0.2) is 0 Å². The van der Waals surface area contributed by atoms with E-state index in [1.54, 1.807) is 0 Å². The average Bonchev–Trinajstić information content (AvgIpc) is 2.91. The fourth-order valence-electron chi connectivity index (χ4n) is 2.71. The molecule has 0 spiro atoms. The van der Waals surface area contributed by atoms with Crippen molar-refractivity contribution >= 4 is 17.0 Å². The zero-order valence-electron chi connectivity index (χ0n) is 14.1. The molecule has 0 atom stereocenters. The van der Waals surface area contributed by atoms with Gasteiger partial charge >= 0.3 is 6.09 Å². The van der Waals surface area contributed by atoms with Gasteiger partial charge in [0, 0.05) is 5.39 Å². The highest BCUT2D eigenvalue weighted by molar-refractivity contribution is 5.93. The summed E-state index contributed by atoms with van der Waals surface area (Å²) in [7, 11) is 0. The first kappa shape index (κ1) is 16.3. The Hall–Kier alpha value is -2.59. The van der Waals surface area contributed by atoms with Gasteiger partial charge in [-0.2, -0.15) is 0 Å². The molecule has 24 heavy (non-hydrogen) atoms. The predicted molar refractivity (Wildman–Crippen MR) is 94.9 cm³/mol. The van der Waals surface area contributed by atoms with Gasteiger partial charge in [0.1, 0.15) is 5.60 Å². The number of fused-ring (bicyclic) bond motifs is 1. The van der Waals surface area contributed by atoms with Crippen LogP contribution in [0, 0.1) is 0 Å². The maximum Gasteiger partial charge on any atom is 0.419 e. The third kappa shape index (κ3) is 3.19. The molecule has 2 aromatic carbocycles. The first-order valence-electron chi connectivity index (χ1n) is 7.93. The molecule has 4 heteroatoms. The molecule has 0 fully saturated rings. The SMILES string of the molecule is CC(C)(C)OC(=O)n1c(CO)cc2ccc(-c3ccccc3)cc21. The molecular weight excluding hydrogens is 302 g/mol. The fourth-order valence-corrected chi connectivity index (χ4v) is 2.71. The Labute approximate surface area is 141 Å². The maximum absolute atomic E-state index is 12.6. The fraction of sp³-hybridized carbons (Fsp3) is 0.250. The number of nitrogens with zero attached hydrogens (tertiary/aromatic N) is 1. The summed E-state index contributed by atoms with van der Waals surface area (Å²) in [6.45, 7) is 5.24. The van der Waals surface area contributed by atoms with Crippen molar-refractivity contribution in [3.05, 3.63) is 60.3 Å². The second-order valence-corrected chi connectivity index (χ2v) is 6.75. The number of aliphatic hydroxyl groups excluding tert-OH is 1. The molecule has 0 saturated carbocycles. The van der Waals surface area contributed by atoms with Crippen LogP contribution in [0.3, 0.4) is 0 Å². The second kappa shape index (κ2) is 6.13. The molecule has 0 saturated heterocycles. The van der Waals surface area contributed by atoms with Crippen LogP contribution in [0.1, 0.15) is 26.5 Å². The first-order valence-corrected chi connectivity index (χ1v) is 7.93. The Kier molecular flexibility index (Phi) is 4.16. The van der Waals surface area contributed by atoms with Crippen LogP contribution in [0.15, 0.2) is 54.6 Å². The Morgan fingerprint density at radius 1 is 1.04 bits per heavy atom. The third-order valence-corrected chi connectivity index (χ3v) is 3.73. The zero-order valence-corrected chi connectivity index (χ0v) is 14.1. The molecule has 0 aliphatic carbocycles. The van der Waals surface area contributed by atoms with E-state index in [1.165, 1.54) is 4.57 Å². The van der Waals surface area contributed by atoms with E-state index in [4.69, 9.17) is 4.74 Å². The molecule has 3 rings (SSSR count). The van der Waals surface area contributed by atoms with Crippen molar-refractivity contribution in [3.8, 4) is 11.1 Å². The van der Waals surface area contributed by atoms with Crippen LogP contribution in [-0.4, -0.2) is 21.4 Å². The lowest BCUT2D eigenvalue weighted by molar-refractivity contribution is 0.0533. The number of ether oxygens (including phenoxy) is 1. The smallest absolute Gasteiger partial charge is 0.419 e. The summed E-state index contributed by atoms with van der Waals surface area (Å²) >= 11 is 0. The van der Waals surface area contributed by atoms with Crippen molar-refractivity contribution < 1.29 is 14.6 Å². The van der Waals surface area contributed by atoms with Crippen molar-refractivity contribution in [2.24, 2.45) is 0 Å². The highest BCUT2D eigenvalue weighted by Gasteiger charge is 2.22. The monoisotopic (exact) mass is 323 g/mol. The van der Waals surface area contributed by atoms with E-state index in [0.29, 0.717) is 5.69 Å². The number of carbonyl (C=O) groups excluding carboxylic acids is 1. The molecule has 124 valence electrons. The topological polar surface area (TPSA) is 51.5 Å². The van der Waals surface area contributed by atoms with Gasteiger partial charge in [-0.3, -0.25) is 0 Å². The van der Waals surface area contributed by atoms with Gasteiger partial charge < -0.3 is 9.84 Å². The van der Waals surface area contributed by atoms with Gasteiger partial charge in [-0.25, -0.2) is 9.36 Å². The van der Waals surface area contributed by atoms with Gasteiger partial charge in [-0.15, -0.1) is 0 Å². The molecule has 0 aliphatic rings. The Morgan fingerprint density at radius 3 is 2.38 bits per heavy atom. The minimum absolute atomic E-state index is 0.228. The van der Waals surface area contributed by atoms with Gasteiger partial charge in [0.2, 0.25) is 0 Å². The van der Waals surface area contributed by atoms with E-state index in [9.17, 15) is 9.90 Å². The lowest BCUT2D eigenvalue weighted by Crippen LogP contribution is -2.28. The van der Waals surface area contributed by atoms with Gasteiger partial charge in [0.25, 0.3) is 0 Å². The average molecular weight is 323 g/mol. The molecular formula is C20H21NO3. The van der Waals surface area contributed by atoms with Crippen LogP contribution in [0.25, 0.3) is 22.0 Å². The van der Waals surface area contributed by atoms with Gasteiger partial charge in [-0.05, 0) is 44.0 Å². The molecule has 0 amide bonds. The predicted octanol–water partition coefficient (Wildman–Crippen LogP) is 4.58. The molecule has 1 heterocycles. The first-order chi connectivity index (χ1) is 11.4. The number of carbonyl (C=O) groups is 1. The largest absolute Gasteiger partial charge is 0.443 e. The third-order valence-electron chi connectivity index (χ3n) is 3.73. The van der Waals surface area contributed by atoms with E-state index in [2.05, 4.69) is 0 Å². The molecule has 0 radical (unpaired) electrons. The summed E-state index contributed by atoms with van der Waals surface area (Å²) in [6.07, 6.45) is -0.480. The Morgan fingerprint density at radius 2 is 1.75 bits per heavy atom. The number of rotatable bonds is 2. The lowest BCUT2D eigenvalue weighted by atomic mass is 10.0. The van der Waals surface area contributed by atoms with E-state index in [-0.39, 0.29) is 6.61 Å². The van der Waals surface area contributed by atoms with Crippen LogP contribution >= 0.6 is 0 Å². The van der Waals surface area contributed by atoms with Crippen LogP contribution < -0.4 is 0 Å². The van der Waals surface area contributed by atoms with E-state index in [0.717, 1.165) is 22.0 Å². The van der Waals surface area contributed by atoms with Gasteiger partial charge in [0.05, 0.1) is 17.8 Å². The van der Waals surface area contributed by atoms with Crippen LogP contribution in [0.2, 0.25) is 0 Å². The number of aromatic nitrogens is 1. The Bertz CT molecular complexity index is 873. The summed E-state index contributed by atoms with van der Waals surface area (Å²) in [5.41, 5.74) is 2.73. The normalized spacial score (nSPS) is 11.7. The molecule has 0 bridgehead atoms. The molecule has 3 aromatic rings. The summed E-state index contributed by atoms with van der Waals surface area (Å²) in [5, 5.41) is 10.5. The number of aliphatic hydroxyl groups is 1. The van der Waals surface area contributed by atoms with Gasteiger partial charge in [-0.1, -0.05) is 42.5 Å². The van der Waals surface area contributed by atoms with Crippen molar-refractivity contribution in [1.82, 2.24) is 4.57 Å². The lowest BCUT2D eigenvalue weighted by Gasteiger charge is -2.20. The molecule has 1 N–H and O–H groups in total. The van der Waals surface area contributed by atoms with E-state index < -0.39 is 11.7 Å². The van der Waals surface area contributed by atoms with Crippen LogP contribution in [0.5, 0.6) is 0 Å². The number of benzene rings is 2. The maximum atomic E-state index is 12.6. The molecule has 0 unspecified atom stereocenters. The van der Waals surface area contributed by atoms with E-state index in [1.807, 2.05) is 75.4 Å². The molecule has 4 nitrogen and oxygen atoms in total.